The van der Waals surface area contributed by atoms with Crippen LogP contribution in [0.2, 0.25) is 0 Å². The largest absolute Gasteiger partial charge is 0.482 e. The molecule has 0 spiro atoms. The molecule has 3 rings (SSSR count). The van der Waals surface area contributed by atoms with Gasteiger partial charge in [-0.25, -0.2) is 0 Å². The summed E-state index contributed by atoms with van der Waals surface area (Å²) in [7, 11) is 1.82. The Labute approximate surface area is 177 Å². The van der Waals surface area contributed by atoms with Gasteiger partial charge in [-0.15, -0.1) is 10.2 Å². The normalized spacial score (nSPS) is 11.7. The molecule has 0 bridgehead atoms. The van der Waals surface area contributed by atoms with E-state index in [9.17, 15) is 14.9 Å². The summed E-state index contributed by atoms with van der Waals surface area (Å²) >= 11 is 1.24. The zero-order chi connectivity index (χ0) is 21.7. The van der Waals surface area contributed by atoms with Crippen molar-refractivity contribution in [3.8, 4) is 5.75 Å². The van der Waals surface area contributed by atoms with Crippen LogP contribution < -0.4 is 10.1 Å². The fraction of sp³-hybridized carbons (Fsp3) is 0.250. The van der Waals surface area contributed by atoms with Gasteiger partial charge in [0.05, 0.1) is 10.7 Å². The number of ether oxygens (including phenoxy) is 1. The first kappa shape index (κ1) is 21.3. The Morgan fingerprint density at radius 3 is 2.60 bits per heavy atom. The van der Waals surface area contributed by atoms with Crippen LogP contribution >= 0.6 is 11.8 Å². The second-order valence-electron chi connectivity index (χ2n) is 6.57. The molecule has 1 heterocycles. The molecule has 2 aromatic carbocycles. The first-order valence-corrected chi connectivity index (χ1v) is 10.1. The van der Waals surface area contributed by atoms with E-state index in [0.29, 0.717) is 16.7 Å². The van der Waals surface area contributed by atoms with Gasteiger partial charge in [0.1, 0.15) is 5.75 Å². The Bertz CT molecular complexity index is 1050. The number of non-ortho nitro benzene ring substituents is 1. The maximum atomic E-state index is 12.2. The molecule has 1 unspecified atom stereocenters. The number of aromatic nitrogens is 3. The molecule has 0 aliphatic heterocycles. The summed E-state index contributed by atoms with van der Waals surface area (Å²) in [6, 6.07) is 13.4. The van der Waals surface area contributed by atoms with Crippen molar-refractivity contribution in [3.05, 3.63) is 70.0 Å². The number of hydrogen-bond acceptors (Lipinski definition) is 7. The lowest BCUT2D eigenvalue weighted by Crippen LogP contribution is -2.15. The minimum absolute atomic E-state index is 0.0315. The number of nitrogens with zero attached hydrogens (tertiary/aromatic N) is 4. The maximum absolute atomic E-state index is 12.2. The van der Waals surface area contributed by atoms with E-state index in [-0.39, 0.29) is 23.5 Å². The van der Waals surface area contributed by atoms with Crippen LogP contribution in [0.5, 0.6) is 5.75 Å². The van der Waals surface area contributed by atoms with Gasteiger partial charge >= 0.3 is 0 Å². The summed E-state index contributed by atoms with van der Waals surface area (Å²) in [5, 5.41) is 22.3. The predicted octanol–water partition coefficient (Wildman–Crippen LogP) is 3.90. The zero-order valence-corrected chi connectivity index (χ0v) is 17.5. The number of aryl methyl sites for hydroxylation is 1. The van der Waals surface area contributed by atoms with Crippen molar-refractivity contribution in [1.29, 1.82) is 0 Å². The van der Waals surface area contributed by atoms with E-state index in [2.05, 4.69) is 15.5 Å². The molecule has 0 fully saturated rings. The van der Waals surface area contributed by atoms with Crippen molar-refractivity contribution in [2.45, 2.75) is 25.1 Å². The fourth-order valence-corrected chi connectivity index (χ4v) is 3.45. The first-order valence-electron chi connectivity index (χ1n) is 9.14. The molecule has 10 heteroatoms. The van der Waals surface area contributed by atoms with Crippen molar-refractivity contribution in [3.63, 3.8) is 0 Å². The highest BCUT2D eigenvalue weighted by atomic mass is 32.2. The lowest BCUT2D eigenvalue weighted by atomic mass is 10.2. The molecule has 0 aliphatic rings. The predicted molar refractivity (Wildman–Crippen MR) is 114 cm³/mol. The second-order valence-corrected chi connectivity index (χ2v) is 7.51. The van der Waals surface area contributed by atoms with Crippen molar-refractivity contribution in [2.75, 3.05) is 11.1 Å². The Morgan fingerprint density at radius 2 is 1.93 bits per heavy atom. The van der Waals surface area contributed by atoms with E-state index in [0.717, 1.165) is 11.3 Å². The summed E-state index contributed by atoms with van der Waals surface area (Å²) in [4.78, 5) is 22.4. The van der Waals surface area contributed by atoms with Crippen LogP contribution in [0.3, 0.4) is 0 Å². The number of hydrogen-bond donors (Lipinski definition) is 1. The summed E-state index contributed by atoms with van der Waals surface area (Å²) in [5.74, 6) is 1.31. The van der Waals surface area contributed by atoms with Gasteiger partial charge in [0.2, 0.25) is 5.91 Å². The van der Waals surface area contributed by atoms with Crippen LogP contribution in [0.25, 0.3) is 0 Å². The number of nitro groups is 1. The SMILES string of the molecule is Cc1ccccc1OC(C)c1nnc(SCC(=O)Nc2ccc([N+](=O)[O-])cc2)n1C. The Kier molecular flexibility index (Phi) is 6.68. The van der Waals surface area contributed by atoms with Gasteiger partial charge in [0, 0.05) is 24.9 Å². The van der Waals surface area contributed by atoms with Gasteiger partial charge in [-0.05, 0) is 37.6 Å². The van der Waals surface area contributed by atoms with Gasteiger partial charge in [0.15, 0.2) is 17.1 Å². The van der Waals surface area contributed by atoms with Crippen LogP contribution in [0, 0.1) is 17.0 Å². The maximum Gasteiger partial charge on any atom is 0.269 e. The van der Waals surface area contributed by atoms with E-state index >= 15 is 0 Å². The molecular formula is C20H21N5O4S. The lowest BCUT2D eigenvalue weighted by molar-refractivity contribution is -0.384. The Hall–Kier alpha value is -3.40. The average molecular weight is 427 g/mol. The molecule has 0 saturated heterocycles. The summed E-state index contributed by atoms with van der Waals surface area (Å²) < 4.78 is 7.79. The highest BCUT2D eigenvalue weighted by Gasteiger charge is 2.18. The van der Waals surface area contributed by atoms with Gasteiger partial charge in [-0.1, -0.05) is 30.0 Å². The summed E-state index contributed by atoms with van der Waals surface area (Å²) in [6.07, 6.45) is -0.313. The van der Waals surface area contributed by atoms with Crippen LogP contribution in [0.15, 0.2) is 53.7 Å². The third-order valence-corrected chi connectivity index (χ3v) is 5.34. The van der Waals surface area contributed by atoms with Gasteiger partial charge in [0.25, 0.3) is 5.69 Å². The zero-order valence-electron chi connectivity index (χ0n) is 16.7. The van der Waals surface area contributed by atoms with Crippen LogP contribution in [0.1, 0.15) is 24.4 Å². The molecule has 0 radical (unpaired) electrons. The fourth-order valence-electron chi connectivity index (χ4n) is 2.73. The molecule has 1 N–H and O–H groups in total. The van der Waals surface area contributed by atoms with Crippen molar-refractivity contribution in [2.24, 2.45) is 7.05 Å². The number of carbonyl (C=O) groups is 1. The number of amides is 1. The highest BCUT2D eigenvalue weighted by molar-refractivity contribution is 7.99. The van der Waals surface area contributed by atoms with Crippen molar-refractivity contribution >= 4 is 29.0 Å². The topological polar surface area (TPSA) is 112 Å². The molecule has 3 aromatic rings. The molecule has 0 saturated carbocycles. The van der Waals surface area contributed by atoms with Crippen molar-refractivity contribution < 1.29 is 14.5 Å². The number of para-hydroxylation sites is 1. The van der Waals surface area contributed by atoms with E-state index in [1.54, 1.807) is 4.57 Å². The van der Waals surface area contributed by atoms with E-state index in [4.69, 9.17) is 4.74 Å². The molecule has 156 valence electrons. The minimum atomic E-state index is -0.489. The number of rotatable bonds is 8. The molecule has 0 aliphatic carbocycles. The molecule has 30 heavy (non-hydrogen) atoms. The quantitative estimate of drug-likeness (QED) is 0.329. The van der Waals surface area contributed by atoms with Gasteiger partial charge in [-0.3, -0.25) is 14.9 Å². The second kappa shape index (κ2) is 9.40. The van der Waals surface area contributed by atoms with Crippen LogP contribution in [-0.4, -0.2) is 31.3 Å². The highest BCUT2D eigenvalue weighted by Crippen LogP contribution is 2.25. The molecular weight excluding hydrogens is 406 g/mol. The average Bonchev–Trinajstić information content (AvgIpc) is 3.09. The standard InChI is InChI=1S/C20H21N5O4S/c1-13-6-4-5-7-17(13)29-14(2)19-22-23-20(24(19)3)30-12-18(26)21-15-8-10-16(11-9-15)25(27)28/h4-11,14H,12H2,1-3H3,(H,21,26). The van der Waals surface area contributed by atoms with Gasteiger partial charge in [-0.2, -0.15) is 0 Å². The van der Waals surface area contributed by atoms with Gasteiger partial charge < -0.3 is 14.6 Å². The number of carbonyl (C=O) groups excluding carboxylic acids is 1. The van der Waals surface area contributed by atoms with E-state index in [1.165, 1.54) is 36.0 Å². The summed E-state index contributed by atoms with van der Waals surface area (Å²) in [5.41, 5.74) is 1.49. The summed E-state index contributed by atoms with van der Waals surface area (Å²) in [6.45, 7) is 3.87. The third kappa shape index (κ3) is 5.15. The third-order valence-electron chi connectivity index (χ3n) is 4.32. The number of thioether (sulfide) groups is 1. The number of benzene rings is 2. The van der Waals surface area contributed by atoms with E-state index in [1.807, 2.05) is 45.2 Å². The van der Waals surface area contributed by atoms with Crippen LogP contribution in [0.4, 0.5) is 11.4 Å². The monoisotopic (exact) mass is 427 g/mol. The first-order chi connectivity index (χ1) is 14.3. The number of anilines is 1. The van der Waals surface area contributed by atoms with Crippen molar-refractivity contribution in [1.82, 2.24) is 14.8 Å². The molecule has 1 aromatic heterocycles. The number of nitrogens with one attached hydrogen (secondary N) is 1. The smallest absolute Gasteiger partial charge is 0.269 e. The van der Waals surface area contributed by atoms with Crippen LogP contribution in [-0.2, 0) is 11.8 Å². The molecule has 1 amide bonds. The molecule has 1 atom stereocenters. The Balaban J connectivity index is 1.57. The Morgan fingerprint density at radius 1 is 1.23 bits per heavy atom. The molecule has 9 nitrogen and oxygen atoms in total. The lowest BCUT2D eigenvalue weighted by Gasteiger charge is -2.15. The number of nitro benzene ring substituents is 1. The minimum Gasteiger partial charge on any atom is -0.482 e. The van der Waals surface area contributed by atoms with E-state index < -0.39 is 4.92 Å².